The van der Waals surface area contributed by atoms with Gasteiger partial charge in [-0.15, -0.1) is 0 Å². The molecule has 0 aliphatic heterocycles. The van der Waals surface area contributed by atoms with Crippen LogP contribution in [0.25, 0.3) is 0 Å². The van der Waals surface area contributed by atoms with E-state index in [1.807, 2.05) is 18.2 Å². The maximum Gasteiger partial charge on any atom is 0.254 e. The molecule has 2 N–H and O–H groups in total. The fourth-order valence-corrected chi connectivity index (χ4v) is 1.85. The predicted molar refractivity (Wildman–Crippen MR) is 73.1 cm³/mol. The van der Waals surface area contributed by atoms with Crippen LogP contribution in [0.15, 0.2) is 35.1 Å². The summed E-state index contributed by atoms with van der Waals surface area (Å²) in [5.74, 6) is 0.320. The maximum absolute atomic E-state index is 11.9. The number of rotatable bonds is 3. The van der Waals surface area contributed by atoms with Crippen molar-refractivity contribution in [2.24, 2.45) is 0 Å². The van der Waals surface area contributed by atoms with Gasteiger partial charge in [-0.3, -0.25) is 9.59 Å². The van der Waals surface area contributed by atoms with Crippen LogP contribution in [0.1, 0.15) is 17.1 Å². The van der Waals surface area contributed by atoms with Crippen molar-refractivity contribution in [3.63, 3.8) is 0 Å². The van der Waals surface area contributed by atoms with Gasteiger partial charge < -0.3 is 10.3 Å². The highest BCUT2D eigenvalue weighted by molar-refractivity contribution is 5.92. The zero-order valence-electron chi connectivity index (χ0n) is 10.9. The first kappa shape index (κ1) is 13.0. The van der Waals surface area contributed by atoms with E-state index < -0.39 is 0 Å². The highest BCUT2D eigenvalue weighted by Crippen LogP contribution is 2.07. The summed E-state index contributed by atoms with van der Waals surface area (Å²) in [6, 6.07) is 9.13. The molecule has 0 atom stereocenters. The van der Waals surface area contributed by atoms with Crippen LogP contribution in [0.3, 0.4) is 0 Å². The largest absolute Gasteiger partial charge is 0.326 e. The number of hydrogen-bond acceptors (Lipinski definition) is 3. The average molecular weight is 257 g/mol. The molecule has 0 aliphatic rings. The van der Waals surface area contributed by atoms with E-state index in [0.29, 0.717) is 22.8 Å². The van der Waals surface area contributed by atoms with Gasteiger partial charge in [-0.05, 0) is 26.0 Å². The minimum atomic E-state index is -0.256. The number of anilines is 1. The quantitative estimate of drug-likeness (QED) is 0.876. The number of carbonyl (C=O) groups excluding carboxylic acids is 1. The lowest BCUT2D eigenvalue weighted by Crippen LogP contribution is -2.23. The molecule has 0 bridgehead atoms. The number of hydrogen-bond donors (Lipinski definition) is 2. The Kier molecular flexibility index (Phi) is 3.75. The van der Waals surface area contributed by atoms with Gasteiger partial charge in [0.25, 0.3) is 5.56 Å². The minimum Gasteiger partial charge on any atom is -0.326 e. The van der Waals surface area contributed by atoms with Crippen LogP contribution in [-0.4, -0.2) is 15.9 Å². The third-order valence-corrected chi connectivity index (χ3v) is 2.74. The van der Waals surface area contributed by atoms with Crippen LogP contribution in [-0.2, 0) is 11.2 Å². The van der Waals surface area contributed by atoms with Crippen LogP contribution in [0.5, 0.6) is 0 Å². The molecule has 1 heterocycles. The third kappa shape index (κ3) is 3.28. The van der Waals surface area contributed by atoms with Crippen molar-refractivity contribution < 1.29 is 4.79 Å². The number of carbonyl (C=O) groups is 1. The van der Waals surface area contributed by atoms with Crippen molar-refractivity contribution in [3.05, 3.63) is 57.8 Å². The molecule has 5 nitrogen and oxygen atoms in total. The Bertz CT molecular complexity index is 647. The molecule has 2 rings (SSSR count). The fraction of sp³-hybridized carbons (Fsp3) is 0.214. The Balaban J connectivity index is 2.14. The standard InChI is InChI=1S/C14H15N3O2/c1-9-12(14(19)16-10(2)15-9)8-13(18)17-11-6-4-3-5-7-11/h3-7H,8H2,1-2H3,(H,17,18)(H,15,16,19). The molecule has 0 unspecified atom stereocenters. The molecular weight excluding hydrogens is 242 g/mol. The molecule has 98 valence electrons. The molecule has 0 saturated heterocycles. The van der Waals surface area contributed by atoms with Gasteiger partial charge in [0.2, 0.25) is 5.91 Å². The molecule has 1 aromatic heterocycles. The monoisotopic (exact) mass is 257 g/mol. The fourth-order valence-electron chi connectivity index (χ4n) is 1.85. The normalized spacial score (nSPS) is 10.2. The van der Waals surface area contributed by atoms with E-state index in [2.05, 4.69) is 15.3 Å². The van der Waals surface area contributed by atoms with Gasteiger partial charge in [0.05, 0.1) is 6.42 Å². The number of H-pyrrole nitrogens is 1. The molecule has 5 heteroatoms. The smallest absolute Gasteiger partial charge is 0.254 e. The summed E-state index contributed by atoms with van der Waals surface area (Å²) in [6.45, 7) is 3.44. The van der Waals surface area contributed by atoms with Crippen molar-refractivity contribution in [1.82, 2.24) is 9.97 Å². The number of aromatic nitrogens is 2. The van der Waals surface area contributed by atoms with E-state index in [4.69, 9.17) is 0 Å². The number of para-hydroxylation sites is 1. The first-order valence-corrected chi connectivity index (χ1v) is 5.97. The Morgan fingerprint density at radius 2 is 1.95 bits per heavy atom. The van der Waals surface area contributed by atoms with Gasteiger partial charge in [-0.25, -0.2) is 4.98 Å². The van der Waals surface area contributed by atoms with Gasteiger partial charge in [-0.2, -0.15) is 0 Å². The van der Waals surface area contributed by atoms with Crippen molar-refractivity contribution in [1.29, 1.82) is 0 Å². The van der Waals surface area contributed by atoms with Gasteiger partial charge in [0, 0.05) is 16.9 Å². The molecule has 2 aromatic rings. The molecular formula is C14H15N3O2. The van der Waals surface area contributed by atoms with Crippen molar-refractivity contribution in [2.75, 3.05) is 5.32 Å². The lowest BCUT2D eigenvalue weighted by molar-refractivity contribution is -0.115. The summed E-state index contributed by atoms with van der Waals surface area (Å²) in [5.41, 5.74) is 1.44. The van der Waals surface area contributed by atoms with Crippen molar-refractivity contribution >= 4 is 11.6 Å². The van der Waals surface area contributed by atoms with Crippen molar-refractivity contribution in [3.8, 4) is 0 Å². The second kappa shape index (κ2) is 5.48. The summed E-state index contributed by atoms with van der Waals surface area (Å²) in [6.07, 6.45) is 0.0172. The molecule has 0 fully saturated rings. The number of amides is 1. The lowest BCUT2D eigenvalue weighted by Gasteiger charge is -2.06. The zero-order chi connectivity index (χ0) is 13.8. The second-order valence-electron chi connectivity index (χ2n) is 4.31. The predicted octanol–water partition coefficient (Wildman–Crippen LogP) is 1.57. The van der Waals surface area contributed by atoms with E-state index in [1.54, 1.807) is 26.0 Å². The summed E-state index contributed by atoms with van der Waals surface area (Å²) in [7, 11) is 0. The van der Waals surface area contributed by atoms with Crippen LogP contribution in [0.4, 0.5) is 5.69 Å². The second-order valence-corrected chi connectivity index (χ2v) is 4.31. The summed E-state index contributed by atoms with van der Waals surface area (Å²) in [4.78, 5) is 30.4. The molecule has 1 aromatic carbocycles. The molecule has 0 spiro atoms. The number of benzene rings is 1. The first-order chi connectivity index (χ1) is 9.06. The molecule has 19 heavy (non-hydrogen) atoms. The summed E-state index contributed by atoms with van der Waals surface area (Å²) < 4.78 is 0. The number of aryl methyl sites for hydroxylation is 2. The Morgan fingerprint density at radius 3 is 2.58 bits per heavy atom. The van der Waals surface area contributed by atoms with E-state index in [1.165, 1.54) is 0 Å². The van der Waals surface area contributed by atoms with Crippen molar-refractivity contribution in [2.45, 2.75) is 20.3 Å². The highest BCUT2D eigenvalue weighted by atomic mass is 16.2. The van der Waals surface area contributed by atoms with E-state index >= 15 is 0 Å². The van der Waals surface area contributed by atoms with E-state index in [0.717, 1.165) is 0 Å². The molecule has 0 radical (unpaired) electrons. The SMILES string of the molecule is Cc1nc(C)c(CC(=O)Nc2ccccc2)c(=O)[nH]1. The average Bonchev–Trinajstić information content (AvgIpc) is 2.35. The third-order valence-electron chi connectivity index (χ3n) is 2.74. The number of nitrogens with one attached hydrogen (secondary N) is 2. The van der Waals surface area contributed by atoms with E-state index in [-0.39, 0.29) is 17.9 Å². The first-order valence-electron chi connectivity index (χ1n) is 5.97. The Hall–Kier alpha value is -2.43. The van der Waals surface area contributed by atoms with Crippen LogP contribution >= 0.6 is 0 Å². The number of nitrogens with zero attached hydrogens (tertiary/aromatic N) is 1. The van der Waals surface area contributed by atoms with Gasteiger partial charge >= 0.3 is 0 Å². The highest BCUT2D eigenvalue weighted by Gasteiger charge is 2.11. The Morgan fingerprint density at radius 1 is 1.26 bits per heavy atom. The zero-order valence-corrected chi connectivity index (χ0v) is 10.9. The van der Waals surface area contributed by atoms with Gasteiger partial charge in [0.15, 0.2) is 0 Å². The van der Waals surface area contributed by atoms with Crippen LogP contribution in [0.2, 0.25) is 0 Å². The van der Waals surface area contributed by atoms with Gasteiger partial charge in [-0.1, -0.05) is 18.2 Å². The summed E-state index contributed by atoms with van der Waals surface area (Å²) in [5, 5.41) is 2.74. The topological polar surface area (TPSA) is 74.8 Å². The van der Waals surface area contributed by atoms with Crippen LogP contribution < -0.4 is 10.9 Å². The van der Waals surface area contributed by atoms with Gasteiger partial charge in [0.1, 0.15) is 5.82 Å². The molecule has 0 aliphatic carbocycles. The van der Waals surface area contributed by atoms with E-state index in [9.17, 15) is 9.59 Å². The summed E-state index contributed by atoms with van der Waals surface area (Å²) >= 11 is 0. The Labute approximate surface area is 110 Å². The molecule has 0 saturated carbocycles. The number of aromatic amines is 1. The maximum atomic E-state index is 11.9. The van der Waals surface area contributed by atoms with Crippen LogP contribution in [0, 0.1) is 13.8 Å². The lowest BCUT2D eigenvalue weighted by atomic mass is 10.1. The molecule has 1 amide bonds. The minimum absolute atomic E-state index is 0.0172.